The third-order valence-corrected chi connectivity index (χ3v) is 2.26. The summed E-state index contributed by atoms with van der Waals surface area (Å²) < 4.78 is 4.95. The molecule has 1 aromatic rings. The molecule has 0 saturated heterocycles. The van der Waals surface area contributed by atoms with Gasteiger partial charge in [0.05, 0.1) is 0 Å². The lowest BCUT2D eigenvalue weighted by molar-refractivity contribution is 0.203. The van der Waals surface area contributed by atoms with Crippen LogP contribution >= 0.6 is 0 Å². The Bertz CT molecular complexity index is 404. The zero-order valence-electron chi connectivity index (χ0n) is 10.4. The minimum atomic E-state index is -0.496. The summed E-state index contributed by atoms with van der Waals surface area (Å²) in [7, 11) is 3.07. The molecule has 0 fully saturated rings. The molecule has 18 heavy (non-hydrogen) atoms. The molecule has 3 N–H and O–H groups in total. The quantitative estimate of drug-likeness (QED) is 0.743. The number of nitrogens with one attached hydrogen (secondary N) is 3. The lowest BCUT2D eigenvalue weighted by Crippen LogP contribution is -2.33. The normalized spacial score (nSPS) is 9.44. The van der Waals surface area contributed by atoms with Crippen molar-refractivity contribution in [1.82, 2.24) is 16.0 Å². The number of rotatable bonds is 4. The molecule has 0 aliphatic heterocycles. The Morgan fingerprint density at radius 3 is 2.33 bits per heavy atom. The van der Waals surface area contributed by atoms with Crippen LogP contribution in [0, 0.1) is 0 Å². The van der Waals surface area contributed by atoms with Crippen molar-refractivity contribution < 1.29 is 14.3 Å². The van der Waals surface area contributed by atoms with Crippen LogP contribution < -0.4 is 20.7 Å². The fourth-order valence-electron chi connectivity index (χ4n) is 1.29. The summed E-state index contributed by atoms with van der Waals surface area (Å²) in [5.41, 5.74) is 1.05. The zero-order valence-corrected chi connectivity index (χ0v) is 10.4. The first-order chi connectivity index (χ1) is 8.65. The second-order valence-electron chi connectivity index (χ2n) is 3.54. The van der Waals surface area contributed by atoms with Gasteiger partial charge in [-0.2, -0.15) is 0 Å². The number of hydrogen-bond donors (Lipinski definition) is 3. The smallest absolute Gasteiger partial charge is 0.410 e. The lowest BCUT2D eigenvalue weighted by Gasteiger charge is -2.06. The van der Waals surface area contributed by atoms with Crippen LogP contribution in [-0.2, 0) is 6.42 Å². The highest BCUT2D eigenvalue weighted by molar-refractivity contribution is 5.73. The molecule has 0 spiro atoms. The molecule has 0 aliphatic rings. The summed E-state index contributed by atoms with van der Waals surface area (Å²) in [4.78, 5) is 21.9. The number of amides is 3. The number of urea groups is 1. The zero-order chi connectivity index (χ0) is 13.4. The van der Waals surface area contributed by atoms with E-state index < -0.39 is 6.09 Å². The van der Waals surface area contributed by atoms with Crippen molar-refractivity contribution in [2.24, 2.45) is 0 Å². The van der Waals surface area contributed by atoms with Gasteiger partial charge in [0.2, 0.25) is 0 Å². The third-order valence-electron chi connectivity index (χ3n) is 2.26. The number of hydrogen-bond acceptors (Lipinski definition) is 3. The Balaban J connectivity index is 2.40. The van der Waals surface area contributed by atoms with Gasteiger partial charge in [-0.15, -0.1) is 0 Å². The molecule has 0 unspecified atom stereocenters. The van der Waals surface area contributed by atoms with E-state index in [2.05, 4.69) is 16.0 Å². The monoisotopic (exact) mass is 251 g/mol. The van der Waals surface area contributed by atoms with Gasteiger partial charge < -0.3 is 20.7 Å². The Kier molecular flexibility index (Phi) is 5.50. The average molecular weight is 251 g/mol. The van der Waals surface area contributed by atoms with E-state index in [1.165, 1.54) is 7.05 Å². The van der Waals surface area contributed by atoms with Crippen molar-refractivity contribution in [1.29, 1.82) is 0 Å². The largest absolute Gasteiger partial charge is 0.412 e. The van der Waals surface area contributed by atoms with Crippen LogP contribution in [0.25, 0.3) is 0 Å². The Morgan fingerprint density at radius 2 is 1.78 bits per heavy atom. The molecule has 0 aromatic heterocycles. The molecule has 1 rings (SSSR count). The molecular formula is C12H17N3O3. The highest BCUT2D eigenvalue weighted by Crippen LogP contribution is 2.12. The predicted octanol–water partition coefficient (Wildman–Crippen LogP) is 0.876. The summed E-state index contributed by atoms with van der Waals surface area (Å²) in [6, 6.07) is 6.93. The van der Waals surface area contributed by atoms with Crippen LogP contribution in [0.15, 0.2) is 24.3 Å². The summed E-state index contributed by atoms with van der Waals surface area (Å²) in [6.07, 6.45) is 0.220. The first kappa shape index (κ1) is 13.8. The van der Waals surface area contributed by atoms with Crippen LogP contribution in [-0.4, -0.2) is 32.8 Å². The van der Waals surface area contributed by atoms with Crippen LogP contribution in [0.2, 0.25) is 0 Å². The maximum Gasteiger partial charge on any atom is 0.412 e. The molecule has 0 bridgehead atoms. The van der Waals surface area contributed by atoms with Crippen molar-refractivity contribution in [2.75, 3.05) is 20.6 Å². The fourth-order valence-corrected chi connectivity index (χ4v) is 1.29. The standard InChI is InChI=1S/C12H17N3O3/c1-13-11(16)15-8-7-9-3-5-10(6-4-9)18-12(17)14-2/h3-6H,7-8H2,1-2H3,(H,14,17)(H2,13,15,16). The van der Waals surface area contributed by atoms with Gasteiger partial charge in [0.15, 0.2) is 0 Å². The van der Waals surface area contributed by atoms with Crippen LogP contribution in [0.3, 0.4) is 0 Å². The molecule has 0 aliphatic carbocycles. The summed E-state index contributed by atoms with van der Waals surface area (Å²) in [5, 5.41) is 7.53. The van der Waals surface area contributed by atoms with Crippen molar-refractivity contribution in [2.45, 2.75) is 6.42 Å². The van der Waals surface area contributed by atoms with Crippen molar-refractivity contribution >= 4 is 12.1 Å². The van der Waals surface area contributed by atoms with E-state index in [1.54, 1.807) is 19.2 Å². The molecule has 0 atom stereocenters. The Labute approximate surface area is 106 Å². The Hall–Kier alpha value is -2.24. The van der Waals surface area contributed by atoms with E-state index >= 15 is 0 Å². The van der Waals surface area contributed by atoms with E-state index in [9.17, 15) is 9.59 Å². The molecule has 0 radical (unpaired) electrons. The van der Waals surface area contributed by atoms with Gasteiger partial charge in [-0.05, 0) is 24.1 Å². The first-order valence-electron chi connectivity index (χ1n) is 5.59. The van der Waals surface area contributed by atoms with Gasteiger partial charge in [0.25, 0.3) is 0 Å². The second kappa shape index (κ2) is 7.16. The number of carbonyl (C=O) groups is 2. The van der Waals surface area contributed by atoms with Gasteiger partial charge in [0.1, 0.15) is 5.75 Å². The molecule has 98 valence electrons. The molecule has 0 heterocycles. The van der Waals surface area contributed by atoms with Crippen LogP contribution in [0.4, 0.5) is 9.59 Å². The maximum absolute atomic E-state index is 11.0. The average Bonchev–Trinajstić information content (AvgIpc) is 2.40. The molecule has 1 aromatic carbocycles. The van der Waals surface area contributed by atoms with Crippen molar-refractivity contribution in [3.8, 4) is 5.75 Å². The SMILES string of the molecule is CNC(=O)NCCc1ccc(OC(=O)NC)cc1. The van der Waals surface area contributed by atoms with Gasteiger partial charge in [-0.25, -0.2) is 9.59 Å². The van der Waals surface area contributed by atoms with Gasteiger partial charge >= 0.3 is 12.1 Å². The number of benzene rings is 1. The molecular weight excluding hydrogens is 234 g/mol. The molecule has 6 nitrogen and oxygen atoms in total. The fraction of sp³-hybridized carbons (Fsp3) is 0.333. The van der Waals surface area contributed by atoms with E-state index in [0.717, 1.165) is 5.56 Å². The van der Waals surface area contributed by atoms with Gasteiger partial charge in [0, 0.05) is 20.6 Å². The van der Waals surface area contributed by atoms with E-state index in [4.69, 9.17) is 4.74 Å². The topological polar surface area (TPSA) is 79.5 Å². The van der Waals surface area contributed by atoms with Crippen molar-refractivity contribution in [3.05, 3.63) is 29.8 Å². The number of carbonyl (C=O) groups excluding carboxylic acids is 2. The highest BCUT2D eigenvalue weighted by atomic mass is 16.5. The summed E-state index contributed by atoms with van der Waals surface area (Å²) in [5.74, 6) is 0.484. The molecule has 0 saturated carbocycles. The lowest BCUT2D eigenvalue weighted by atomic mass is 10.1. The summed E-state index contributed by atoms with van der Waals surface area (Å²) >= 11 is 0. The van der Waals surface area contributed by atoms with E-state index in [0.29, 0.717) is 18.7 Å². The predicted molar refractivity (Wildman–Crippen MR) is 67.7 cm³/mol. The van der Waals surface area contributed by atoms with Gasteiger partial charge in [-0.3, -0.25) is 0 Å². The first-order valence-corrected chi connectivity index (χ1v) is 5.59. The van der Waals surface area contributed by atoms with Crippen LogP contribution in [0.5, 0.6) is 5.75 Å². The number of ether oxygens (including phenoxy) is 1. The maximum atomic E-state index is 11.0. The molecule has 3 amide bonds. The van der Waals surface area contributed by atoms with E-state index in [-0.39, 0.29) is 6.03 Å². The van der Waals surface area contributed by atoms with Crippen molar-refractivity contribution in [3.63, 3.8) is 0 Å². The minimum Gasteiger partial charge on any atom is -0.410 e. The third kappa shape index (κ3) is 4.73. The highest BCUT2D eigenvalue weighted by Gasteiger charge is 2.01. The van der Waals surface area contributed by atoms with E-state index in [1.807, 2.05) is 12.1 Å². The molecule has 6 heteroatoms. The second-order valence-corrected chi connectivity index (χ2v) is 3.54. The van der Waals surface area contributed by atoms with Crippen LogP contribution in [0.1, 0.15) is 5.56 Å². The Morgan fingerprint density at radius 1 is 1.11 bits per heavy atom. The van der Waals surface area contributed by atoms with Gasteiger partial charge in [-0.1, -0.05) is 12.1 Å². The summed E-state index contributed by atoms with van der Waals surface area (Å²) in [6.45, 7) is 0.551. The minimum absolute atomic E-state index is 0.199.